The molecule has 2 N–H and O–H groups in total. The van der Waals surface area contributed by atoms with Crippen molar-refractivity contribution < 1.29 is 9.59 Å². The summed E-state index contributed by atoms with van der Waals surface area (Å²) >= 11 is 10.8. The number of amides is 2. The van der Waals surface area contributed by atoms with Gasteiger partial charge in [-0.25, -0.2) is 4.98 Å². The van der Waals surface area contributed by atoms with Gasteiger partial charge >= 0.3 is 0 Å². The fourth-order valence-corrected chi connectivity index (χ4v) is 3.78. The molecule has 2 amide bonds. The van der Waals surface area contributed by atoms with E-state index in [1.165, 1.54) is 11.3 Å². The standard InChI is InChI=1S/C20H17BrClN3O2S/c1-12(24-19(27)16-4-2-3-5-17(16)22)18(26)25-20-23-11-15(28-20)10-13-6-8-14(21)9-7-13/h2-9,11-12H,10H2,1H3,(H,24,27)(H,23,25,26)/t12-/m0/s1. The van der Waals surface area contributed by atoms with Gasteiger partial charge in [0.15, 0.2) is 5.13 Å². The van der Waals surface area contributed by atoms with Crippen LogP contribution < -0.4 is 10.6 Å². The number of thiazole rings is 1. The number of hydrogen-bond acceptors (Lipinski definition) is 4. The van der Waals surface area contributed by atoms with Crippen molar-refractivity contribution in [3.05, 3.63) is 80.2 Å². The van der Waals surface area contributed by atoms with E-state index in [2.05, 4.69) is 31.5 Å². The molecule has 0 aliphatic heterocycles. The van der Waals surface area contributed by atoms with Gasteiger partial charge in [0, 0.05) is 22.0 Å². The monoisotopic (exact) mass is 477 g/mol. The topological polar surface area (TPSA) is 71.1 Å². The molecule has 0 saturated carbocycles. The summed E-state index contributed by atoms with van der Waals surface area (Å²) in [4.78, 5) is 29.9. The number of nitrogens with zero attached hydrogens (tertiary/aromatic N) is 1. The predicted octanol–water partition coefficient (Wildman–Crippen LogP) is 4.91. The first-order valence-corrected chi connectivity index (χ1v) is 10.5. The normalized spacial score (nSPS) is 11.7. The molecule has 3 rings (SSSR count). The molecule has 0 aliphatic carbocycles. The molecule has 0 bridgehead atoms. The van der Waals surface area contributed by atoms with Crippen LogP contribution in [0, 0.1) is 0 Å². The molecule has 1 heterocycles. The number of carbonyl (C=O) groups excluding carboxylic acids is 2. The van der Waals surface area contributed by atoms with Crippen LogP contribution in [0.3, 0.4) is 0 Å². The second-order valence-electron chi connectivity index (χ2n) is 6.10. The number of carbonyl (C=O) groups is 2. The third-order valence-electron chi connectivity index (χ3n) is 3.93. The van der Waals surface area contributed by atoms with E-state index in [-0.39, 0.29) is 5.91 Å². The van der Waals surface area contributed by atoms with Crippen molar-refractivity contribution >= 4 is 55.8 Å². The van der Waals surface area contributed by atoms with Gasteiger partial charge in [-0.05, 0) is 36.8 Å². The summed E-state index contributed by atoms with van der Waals surface area (Å²) in [5.74, 6) is -0.742. The average molecular weight is 479 g/mol. The summed E-state index contributed by atoms with van der Waals surface area (Å²) in [5.41, 5.74) is 1.49. The zero-order valence-corrected chi connectivity index (χ0v) is 18.1. The molecule has 3 aromatic rings. The lowest BCUT2D eigenvalue weighted by atomic mass is 10.1. The van der Waals surface area contributed by atoms with Crippen LogP contribution in [0.1, 0.15) is 27.7 Å². The number of halogens is 2. The van der Waals surface area contributed by atoms with Crippen molar-refractivity contribution in [2.24, 2.45) is 0 Å². The molecule has 1 atom stereocenters. The fraction of sp³-hybridized carbons (Fsp3) is 0.150. The van der Waals surface area contributed by atoms with Crippen LogP contribution in [0.5, 0.6) is 0 Å². The van der Waals surface area contributed by atoms with Crippen molar-refractivity contribution in [3.63, 3.8) is 0 Å². The van der Waals surface area contributed by atoms with E-state index in [1.54, 1.807) is 37.4 Å². The van der Waals surface area contributed by atoms with Gasteiger partial charge in [0.1, 0.15) is 6.04 Å². The molecule has 0 radical (unpaired) electrons. The van der Waals surface area contributed by atoms with Crippen LogP contribution in [-0.4, -0.2) is 22.8 Å². The summed E-state index contributed by atoms with van der Waals surface area (Å²) in [6.45, 7) is 1.61. The summed E-state index contributed by atoms with van der Waals surface area (Å²) in [6, 6.07) is 14.0. The molecule has 144 valence electrons. The van der Waals surface area contributed by atoms with E-state index in [0.717, 1.165) is 21.3 Å². The first-order valence-electron chi connectivity index (χ1n) is 8.48. The maximum atomic E-state index is 12.4. The zero-order valence-electron chi connectivity index (χ0n) is 14.9. The molecule has 2 aromatic carbocycles. The Morgan fingerprint density at radius 1 is 1.18 bits per heavy atom. The quantitative estimate of drug-likeness (QED) is 0.529. The van der Waals surface area contributed by atoms with E-state index < -0.39 is 11.9 Å². The Balaban J connectivity index is 1.57. The van der Waals surface area contributed by atoms with Gasteiger partial charge in [0.2, 0.25) is 5.91 Å². The van der Waals surface area contributed by atoms with E-state index >= 15 is 0 Å². The van der Waals surface area contributed by atoms with Crippen LogP contribution in [0.4, 0.5) is 5.13 Å². The van der Waals surface area contributed by atoms with Crippen LogP contribution in [-0.2, 0) is 11.2 Å². The summed E-state index contributed by atoms with van der Waals surface area (Å²) < 4.78 is 1.03. The summed E-state index contributed by atoms with van der Waals surface area (Å²) in [5, 5.41) is 6.22. The maximum absolute atomic E-state index is 12.4. The molecule has 8 heteroatoms. The smallest absolute Gasteiger partial charge is 0.253 e. The molecular formula is C20H17BrClN3O2S. The minimum absolute atomic E-state index is 0.329. The second-order valence-corrected chi connectivity index (χ2v) is 8.54. The van der Waals surface area contributed by atoms with Crippen molar-refractivity contribution in [1.82, 2.24) is 10.3 Å². The first kappa shape index (κ1) is 20.5. The largest absolute Gasteiger partial charge is 0.340 e. The summed E-state index contributed by atoms with van der Waals surface area (Å²) in [7, 11) is 0. The van der Waals surface area contributed by atoms with Gasteiger partial charge in [0.25, 0.3) is 5.91 Å². The van der Waals surface area contributed by atoms with Gasteiger partial charge in [0.05, 0.1) is 10.6 Å². The molecule has 5 nitrogen and oxygen atoms in total. The number of rotatable bonds is 6. The molecule has 0 spiro atoms. The number of aromatic nitrogens is 1. The third-order valence-corrected chi connectivity index (χ3v) is 5.71. The Morgan fingerprint density at radius 2 is 1.89 bits per heavy atom. The van der Waals surface area contributed by atoms with Crippen molar-refractivity contribution in [2.45, 2.75) is 19.4 Å². The number of benzene rings is 2. The lowest BCUT2D eigenvalue weighted by Gasteiger charge is -2.13. The maximum Gasteiger partial charge on any atom is 0.253 e. The molecule has 0 unspecified atom stereocenters. The van der Waals surface area contributed by atoms with Crippen molar-refractivity contribution in [1.29, 1.82) is 0 Å². The number of anilines is 1. The average Bonchev–Trinajstić information content (AvgIpc) is 3.10. The minimum atomic E-state index is -0.734. The predicted molar refractivity (Wildman–Crippen MR) is 116 cm³/mol. The number of hydrogen-bond donors (Lipinski definition) is 2. The van der Waals surface area contributed by atoms with E-state index in [9.17, 15) is 9.59 Å². The van der Waals surface area contributed by atoms with Gasteiger partial charge in [-0.1, -0.05) is 51.8 Å². The Hall–Kier alpha value is -2.22. The lowest BCUT2D eigenvalue weighted by molar-refractivity contribution is -0.117. The van der Waals surface area contributed by atoms with Gasteiger partial charge in [-0.15, -0.1) is 11.3 Å². The molecule has 0 saturated heterocycles. The Bertz CT molecular complexity index is 991. The van der Waals surface area contributed by atoms with E-state index in [4.69, 9.17) is 11.6 Å². The molecular weight excluding hydrogens is 462 g/mol. The minimum Gasteiger partial charge on any atom is -0.340 e. The van der Waals surface area contributed by atoms with Crippen LogP contribution in [0.2, 0.25) is 5.02 Å². The molecule has 1 aromatic heterocycles. The van der Waals surface area contributed by atoms with Crippen LogP contribution in [0.15, 0.2) is 59.2 Å². The molecule has 28 heavy (non-hydrogen) atoms. The van der Waals surface area contributed by atoms with Gasteiger partial charge in [-0.2, -0.15) is 0 Å². The van der Waals surface area contributed by atoms with Crippen LogP contribution in [0.25, 0.3) is 0 Å². The van der Waals surface area contributed by atoms with E-state index in [0.29, 0.717) is 15.7 Å². The second kappa shape index (κ2) is 9.32. The number of nitrogens with one attached hydrogen (secondary N) is 2. The van der Waals surface area contributed by atoms with Crippen LogP contribution >= 0.6 is 38.9 Å². The molecule has 0 aliphatic rings. The van der Waals surface area contributed by atoms with E-state index in [1.807, 2.05) is 24.3 Å². The highest BCUT2D eigenvalue weighted by Gasteiger charge is 2.19. The Labute approximate surface area is 180 Å². The van der Waals surface area contributed by atoms with Crippen molar-refractivity contribution in [3.8, 4) is 0 Å². The highest BCUT2D eigenvalue weighted by Crippen LogP contribution is 2.22. The fourth-order valence-electron chi connectivity index (χ4n) is 2.45. The molecule has 0 fully saturated rings. The SMILES string of the molecule is C[C@H](NC(=O)c1ccccc1Cl)C(=O)Nc1ncc(Cc2ccc(Br)cc2)s1. The Morgan fingerprint density at radius 3 is 2.61 bits per heavy atom. The Kier molecular flexibility index (Phi) is 6.83. The highest BCUT2D eigenvalue weighted by molar-refractivity contribution is 9.10. The highest BCUT2D eigenvalue weighted by atomic mass is 79.9. The van der Waals surface area contributed by atoms with Gasteiger partial charge < -0.3 is 10.6 Å². The third kappa shape index (κ3) is 5.41. The van der Waals surface area contributed by atoms with Crippen molar-refractivity contribution in [2.75, 3.05) is 5.32 Å². The lowest BCUT2D eigenvalue weighted by Crippen LogP contribution is -2.41. The zero-order chi connectivity index (χ0) is 20.1. The van der Waals surface area contributed by atoms with Gasteiger partial charge in [-0.3, -0.25) is 9.59 Å². The first-order chi connectivity index (χ1) is 13.4. The summed E-state index contributed by atoms with van der Waals surface area (Å²) in [6.07, 6.45) is 2.48.